The molecule has 0 aliphatic rings. The average Bonchev–Trinajstić information content (AvgIpc) is 2.24. The van der Waals surface area contributed by atoms with Gasteiger partial charge in [0.25, 0.3) is 0 Å². The molecule has 0 bridgehead atoms. The van der Waals surface area contributed by atoms with Gasteiger partial charge in [0, 0.05) is 19.6 Å². The van der Waals surface area contributed by atoms with E-state index in [-0.39, 0.29) is 0 Å². The minimum atomic E-state index is 0.527. The Morgan fingerprint density at radius 3 is 2.73 bits per heavy atom. The first-order valence-electron chi connectivity index (χ1n) is 5.63. The maximum absolute atomic E-state index is 5.32. The van der Waals surface area contributed by atoms with E-state index in [1.807, 2.05) is 11.8 Å². The van der Waals surface area contributed by atoms with E-state index in [1.165, 1.54) is 25.0 Å². The van der Waals surface area contributed by atoms with Crippen molar-refractivity contribution in [1.29, 1.82) is 0 Å². The Morgan fingerprint density at radius 2 is 2.20 bits per heavy atom. The van der Waals surface area contributed by atoms with Gasteiger partial charge in [-0.05, 0) is 44.0 Å². The molecule has 0 aromatic heterocycles. The van der Waals surface area contributed by atoms with Crippen LogP contribution in [0.1, 0.15) is 33.1 Å². The monoisotopic (exact) mass is 248 g/mol. The summed E-state index contributed by atoms with van der Waals surface area (Å²) in [6.45, 7) is 5.41. The van der Waals surface area contributed by atoms with E-state index in [9.17, 15) is 0 Å². The molecule has 1 atom stereocenters. The van der Waals surface area contributed by atoms with Crippen molar-refractivity contribution in [3.63, 3.8) is 0 Å². The molecule has 0 heterocycles. The van der Waals surface area contributed by atoms with Gasteiger partial charge in [-0.1, -0.05) is 13.3 Å². The highest BCUT2D eigenvalue weighted by Crippen LogP contribution is 2.06. The molecule has 0 rings (SSSR count). The molecule has 0 aliphatic heterocycles. The molecule has 0 aliphatic carbocycles. The van der Waals surface area contributed by atoms with E-state index in [0.29, 0.717) is 6.04 Å². The van der Waals surface area contributed by atoms with Crippen LogP contribution in [0.2, 0.25) is 0 Å². The summed E-state index contributed by atoms with van der Waals surface area (Å²) in [7, 11) is 2.08. The summed E-state index contributed by atoms with van der Waals surface area (Å²) in [4.78, 5) is 2.17. The minimum absolute atomic E-state index is 0.527. The molecule has 0 amide bonds. The molecule has 0 aromatic rings. The number of unbranched alkanes of at least 4 members (excludes halogenated alkanes) is 1. The topological polar surface area (TPSA) is 15.3 Å². The lowest BCUT2D eigenvalue weighted by molar-refractivity contribution is 0.377. The zero-order valence-corrected chi connectivity index (χ0v) is 12.0. The van der Waals surface area contributed by atoms with Gasteiger partial charge in [0.05, 0.1) is 0 Å². The number of thiocarbonyl (C=S) groups is 1. The number of rotatable bonds is 7. The summed E-state index contributed by atoms with van der Waals surface area (Å²) >= 11 is 7.21. The predicted molar refractivity (Wildman–Crippen MR) is 75.7 cm³/mol. The Bertz CT molecular complexity index is 174. The average molecular weight is 248 g/mol. The lowest BCUT2D eigenvalue weighted by Crippen LogP contribution is -2.42. The second kappa shape index (κ2) is 9.28. The highest BCUT2D eigenvalue weighted by atomic mass is 32.2. The Kier molecular flexibility index (Phi) is 9.30. The van der Waals surface area contributed by atoms with Crippen LogP contribution in [0, 0.1) is 0 Å². The summed E-state index contributed by atoms with van der Waals surface area (Å²) in [5.41, 5.74) is 0. The van der Waals surface area contributed by atoms with E-state index in [4.69, 9.17) is 12.2 Å². The van der Waals surface area contributed by atoms with Gasteiger partial charge in [0.1, 0.15) is 0 Å². The van der Waals surface area contributed by atoms with Gasteiger partial charge >= 0.3 is 0 Å². The van der Waals surface area contributed by atoms with E-state index in [0.717, 1.165) is 11.7 Å². The van der Waals surface area contributed by atoms with Crippen molar-refractivity contribution in [3.05, 3.63) is 0 Å². The highest BCUT2D eigenvalue weighted by molar-refractivity contribution is 7.98. The van der Waals surface area contributed by atoms with Crippen LogP contribution in [0.3, 0.4) is 0 Å². The van der Waals surface area contributed by atoms with Gasteiger partial charge in [0.2, 0.25) is 0 Å². The predicted octanol–water partition coefficient (Wildman–Crippen LogP) is 2.73. The van der Waals surface area contributed by atoms with Crippen LogP contribution in [0.4, 0.5) is 0 Å². The SMILES string of the molecule is CCCCNC(=S)N(C)C(C)CCSC. The van der Waals surface area contributed by atoms with Crippen LogP contribution in [-0.4, -0.2) is 41.7 Å². The van der Waals surface area contributed by atoms with Crippen molar-refractivity contribution in [2.75, 3.05) is 25.6 Å². The summed E-state index contributed by atoms with van der Waals surface area (Å²) in [5, 5.41) is 4.18. The van der Waals surface area contributed by atoms with Crippen molar-refractivity contribution >= 4 is 29.1 Å². The molecule has 0 saturated carbocycles. The molecule has 1 N–H and O–H groups in total. The second-order valence-electron chi connectivity index (χ2n) is 3.83. The molecule has 4 heteroatoms. The molecule has 0 saturated heterocycles. The van der Waals surface area contributed by atoms with Gasteiger partial charge in [-0.3, -0.25) is 0 Å². The summed E-state index contributed by atoms with van der Waals surface area (Å²) < 4.78 is 0. The first kappa shape index (κ1) is 15.0. The smallest absolute Gasteiger partial charge is 0.168 e. The van der Waals surface area contributed by atoms with Crippen molar-refractivity contribution < 1.29 is 0 Å². The highest BCUT2D eigenvalue weighted by Gasteiger charge is 2.11. The maximum Gasteiger partial charge on any atom is 0.168 e. The van der Waals surface area contributed by atoms with Gasteiger partial charge in [-0.2, -0.15) is 11.8 Å². The van der Waals surface area contributed by atoms with Crippen LogP contribution >= 0.6 is 24.0 Å². The van der Waals surface area contributed by atoms with Gasteiger partial charge in [-0.25, -0.2) is 0 Å². The number of thioether (sulfide) groups is 1. The lowest BCUT2D eigenvalue weighted by atomic mass is 10.2. The molecule has 1 unspecified atom stereocenters. The largest absolute Gasteiger partial charge is 0.363 e. The van der Waals surface area contributed by atoms with Gasteiger partial charge in [-0.15, -0.1) is 0 Å². The summed E-state index contributed by atoms with van der Waals surface area (Å²) in [6.07, 6.45) is 5.73. The minimum Gasteiger partial charge on any atom is -0.363 e. The molecular formula is C11H24N2S2. The third kappa shape index (κ3) is 7.01. The molecular weight excluding hydrogens is 224 g/mol. The van der Waals surface area contributed by atoms with Crippen LogP contribution < -0.4 is 5.32 Å². The van der Waals surface area contributed by atoms with Gasteiger partial charge < -0.3 is 10.2 Å². The molecule has 0 spiro atoms. The molecule has 0 aromatic carbocycles. The molecule has 90 valence electrons. The standard InChI is InChI=1S/C11H24N2S2/c1-5-6-8-12-11(14)13(3)10(2)7-9-15-4/h10H,5-9H2,1-4H3,(H,12,14). The molecule has 15 heavy (non-hydrogen) atoms. The third-order valence-electron chi connectivity index (χ3n) is 2.53. The Morgan fingerprint density at radius 1 is 1.53 bits per heavy atom. The number of nitrogens with one attached hydrogen (secondary N) is 1. The van der Waals surface area contributed by atoms with E-state index in [1.54, 1.807) is 0 Å². The normalized spacial score (nSPS) is 12.3. The van der Waals surface area contributed by atoms with Crippen molar-refractivity contribution in [1.82, 2.24) is 10.2 Å². The Balaban J connectivity index is 3.75. The maximum atomic E-state index is 5.32. The third-order valence-corrected chi connectivity index (χ3v) is 3.60. The first-order chi connectivity index (χ1) is 7.13. The molecule has 0 radical (unpaired) electrons. The van der Waals surface area contributed by atoms with Crippen LogP contribution in [0.5, 0.6) is 0 Å². The number of hydrogen-bond acceptors (Lipinski definition) is 2. The first-order valence-corrected chi connectivity index (χ1v) is 7.43. The summed E-state index contributed by atoms with van der Waals surface area (Å²) in [6, 6.07) is 0.527. The van der Waals surface area contributed by atoms with E-state index in [2.05, 4.69) is 37.4 Å². The molecule has 0 fully saturated rings. The Hall–Kier alpha value is 0.0400. The number of hydrogen-bond donors (Lipinski definition) is 1. The van der Waals surface area contributed by atoms with Crippen molar-refractivity contribution in [2.45, 2.75) is 39.2 Å². The zero-order valence-electron chi connectivity index (χ0n) is 10.4. The fourth-order valence-corrected chi connectivity index (χ4v) is 2.04. The van der Waals surface area contributed by atoms with Gasteiger partial charge in [0.15, 0.2) is 5.11 Å². The Labute approximate surface area is 104 Å². The van der Waals surface area contributed by atoms with Crippen LogP contribution in [0.15, 0.2) is 0 Å². The van der Waals surface area contributed by atoms with Crippen LogP contribution in [-0.2, 0) is 0 Å². The van der Waals surface area contributed by atoms with E-state index >= 15 is 0 Å². The summed E-state index contributed by atoms with van der Waals surface area (Å²) in [5.74, 6) is 1.20. The zero-order chi connectivity index (χ0) is 11.7. The van der Waals surface area contributed by atoms with Crippen molar-refractivity contribution in [2.24, 2.45) is 0 Å². The molecule has 2 nitrogen and oxygen atoms in total. The second-order valence-corrected chi connectivity index (χ2v) is 5.20. The number of nitrogens with zero attached hydrogens (tertiary/aromatic N) is 1. The van der Waals surface area contributed by atoms with Crippen molar-refractivity contribution in [3.8, 4) is 0 Å². The van der Waals surface area contributed by atoms with E-state index < -0.39 is 0 Å². The lowest BCUT2D eigenvalue weighted by Gasteiger charge is -2.27. The quantitative estimate of drug-likeness (QED) is 0.550. The fourth-order valence-electron chi connectivity index (χ4n) is 1.18. The fraction of sp³-hybridized carbons (Fsp3) is 0.909. The van der Waals surface area contributed by atoms with Crippen LogP contribution in [0.25, 0.3) is 0 Å².